The summed E-state index contributed by atoms with van der Waals surface area (Å²) in [7, 11) is 7.74. The number of aryl methyl sites for hydroxylation is 1. The molecule has 0 aliphatic rings. The second-order valence-corrected chi connectivity index (χ2v) is 8.83. The van der Waals surface area contributed by atoms with E-state index < -0.39 is 6.10 Å². The minimum Gasteiger partial charge on any atom is -0.493 e. The van der Waals surface area contributed by atoms with Crippen LogP contribution in [-0.2, 0) is 13.1 Å². The molecule has 0 unspecified atom stereocenters. The Hall–Kier alpha value is -2.54. The number of aliphatic hydroxyl groups is 1. The first kappa shape index (κ1) is 24.1. The number of para-hydroxylation sites is 1. The lowest BCUT2D eigenvalue weighted by Gasteiger charge is -2.22. The molecule has 32 heavy (non-hydrogen) atoms. The van der Waals surface area contributed by atoms with Gasteiger partial charge in [0, 0.05) is 36.2 Å². The van der Waals surface area contributed by atoms with Crippen molar-refractivity contribution in [1.82, 2.24) is 14.4 Å². The molecule has 1 heterocycles. The minimum atomic E-state index is -0.468. The summed E-state index contributed by atoms with van der Waals surface area (Å²) in [5.74, 6) is 1.49. The van der Waals surface area contributed by atoms with E-state index in [0.717, 1.165) is 30.2 Å². The Labute approximate surface area is 192 Å². The number of ether oxygens (including phenoxy) is 2. The average Bonchev–Trinajstić information content (AvgIpc) is 2.99. The van der Waals surface area contributed by atoms with E-state index in [0.29, 0.717) is 19.7 Å². The van der Waals surface area contributed by atoms with Crippen LogP contribution in [0.25, 0.3) is 10.9 Å². The predicted molar refractivity (Wildman–Crippen MR) is 131 cm³/mol. The highest BCUT2D eigenvalue weighted by atomic mass is 16.5. The highest BCUT2D eigenvalue weighted by Crippen LogP contribution is 2.29. The van der Waals surface area contributed by atoms with Gasteiger partial charge in [0.25, 0.3) is 0 Å². The fraction of sp³-hybridized carbons (Fsp3) is 0.462. The normalized spacial score (nSPS) is 12.7. The summed E-state index contributed by atoms with van der Waals surface area (Å²) < 4.78 is 13.6. The van der Waals surface area contributed by atoms with Crippen molar-refractivity contribution in [2.45, 2.75) is 33.0 Å². The Kier molecular flexibility index (Phi) is 8.18. The summed E-state index contributed by atoms with van der Waals surface area (Å²) in [6, 6.07) is 14.4. The Bertz CT molecular complexity index is 1030. The maximum Gasteiger partial charge on any atom is 0.161 e. The van der Waals surface area contributed by atoms with Gasteiger partial charge >= 0.3 is 0 Å². The Morgan fingerprint density at radius 3 is 2.50 bits per heavy atom. The molecule has 0 radical (unpaired) electrons. The summed E-state index contributed by atoms with van der Waals surface area (Å²) in [5, 5.41) is 12.1. The van der Waals surface area contributed by atoms with Gasteiger partial charge in [-0.1, -0.05) is 24.3 Å². The van der Waals surface area contributed by atoms with E-state index in [4.69, 9.17) is 9.47 Å². The Balaban J connectivity index is 1.61. The van der Waals surface area contributed by atoms with Crippen LogP contribution in [0.3, 0.4) is 0 Å². The van der Waals surface area contributed by atoms with Gasteiger partial charge in [0.05, 0.1) is 19.8 Å². The number of nitrogens with zero attached hydrogens (tertiary/aromatic N) is 3. The van der Waals surface area contributed by atoms with Gasteiger partial charge in [0.1, 0.15) is 6.61 Å². The quantitative estimate of drug-likeness (QED) is 0.494. The molecule has 0 fully saturated rings. The molecule has 1 atom stereocenters. The number of likely N-dealkylation sites (N-methyl/N-ethyl adjacent to an activating group) is 2. The molecule has 174 valence electrons. The number of hydrogen-bond acceptors (Lipinski definition) is 5. The van der Waals surface area contributed by atoms with Gasteiger partial charge < -0.3 is 24.0 Å². The molecule has 0 amide bonds. The van der Waals surface area contributed by atoms with Crippen molar-refractivity contribution in [2.24, 2.45) is 0 Å². The van der Waals surface area contributed by atoms with Crippen LogP contribution >= 0.6 is 0 Å². The van der Waals surface area contributed by atoms with E-state index in [1.807, 2.05) is 33.3 Å². The number of methoxy groups -OCH3 is 1. The first-order valence-electron chi connectivity index (χ1n) is 11.2. The molecule has 6 heteroatoms. The minimum absolute atomic E-state index is 0.468. The number of aliphatic hydroxyl groups excluding tert-OH is 1. The maximum absolute atomic E-state index is 10.8. The maximum atomic E-state index is 10.8. The lowest BCUT2D eigenvalue weighted by molar-refractivity contribution is 0.108. The second-order valence-electron chi connectivity index (χ2n) is 8.83. The smallest absolute Gasteiger partial charge is 0.161 e. The fourth-order valence-corrected chi connectivity index (χ4v) is 4.11. The topological polar surface area (TPSA) is 50.1 Å². The molecular weight excluding hydrogens is 402 g/mol. The molecule has 0 aliphatic heterocycles. The van der Waals surface area contributed by atoms with E-state index >= 15 is 0 Å². The van der Waals surface area contributed by atoms with Gasteiger partial charge in [-0.25, -0.2) is 0 Å². The summed E-state index contributed by atoms with van der Waals surface area (Å²) >= 11 is 0. The predicted octanol–water partition coefficient (Wildman–Crippen LogP) is 3.70. The van der Waals surface area contributed by atoms with Crippen LogP contribution in [0, 0.1) is 13.8 Å². The third-order valence-corrected chi connectivity index (χ3v) is 5.94. The average molecular weight is 440 g/mol. The van der Waals surface area contributed by atoms with Gasteiger partial charge in [0.2, 0.25) is 0 Å². The van der Waals surface area contributed by atoms with Gasteiger partial charge in [-0.05, 0) is 64.3 Å². The van der Waals surface area contributed by atoms with Gasteiger partial charge in [-0.15, -0.1) is 0 Å². The lowest BCUT2D eigenvalue weighted by Crippen LogP contribution is -2.32. The molecule has 6 nitrogen and oxygen atoms in total. The standard InChI is InChI=1S/C26H37N3O3/c1-19-20(2)29(24-10-8-7-9-23(19)24)18-22(30)17-28(5)16-21-11-12-25(26(15-21)31-6)32-14-13-27(3)4/h7-12,15,22,30H,13-14,16-18H2,1-6H3/t22-/m1/s1. The monoisotopic (exact) mass is 439 g/mol. The van der Waals surface area contributed by atoms with Crippen molar-refractivity contribution in [3.63, 3.8) is 0 Å². The molecule has 0 saturated heterocycles. The Morgan fingerprint density at radius 2 is 1.78 bits per heavy atom. The molecule has 3 rings (SSSR count). The van der Waals surface area contributed by atoms with E-state index in [1.165, 1.54) is 22.2 Å². The van der Waals surface area contributed by atoms with Crippen molar-refractivity contribution in [3.8, 4) is 11.5 Å². The first-order chi connectivity index (χ1) is 15.3. The number of benzene rings is 2. The number of rotatable bonds is 11. The van der Waals surface area contributed by atoms with Crippen molar-refractivity contribution < 1.29 is 14.6 Å². The summed E-state index contributed by atoms with van der Waals surface area (Å²) in [6.45, 7) is 7.61. The van der Waals surface area contributed by atoms with E-state index in [2.05, 4.69) is 58.5 Å². The zero-order valence-corrected chi connectivity index (χ0v) is 20.3. The Morgan fingerprint density at radius 1 is 1.03 bits per heavy atom. The zero-order chi connectivity index (χ0) is 23.3. The molecule has 0 bridgehead atoms. The van der Waals surface area contributed by atoms with Crippen LogP contribution in [-0.4, -0.2) is 73.5 Å². The molecule has 1 aromatic heterocycles. The van der Waals surface area contributed by atoms with Crippen molar-refractivity contribution in [1.29, 1.82) is 0 Å². The number of fused-ring (bicyclic) bond motifs is 1. The molecule has 0 spiro atoms. The van der Waals surface area contributed by atoms with Crippen LogP contribution < -0.4 is 9.47 Å². The van der Waals surface area contributed by atoms with Crippen molar-refractivity contribution in [3.05, 3.63) is 59.3 Å². The van der Waals surface area contributed by atoms with Crippen LogP contribution in [0.4, 0.5) is 0 Å². The molecule has 0 saturated carbocycles. The first-order valence-corrected chi connectivity index (χ1v) is 11.2. The fourth-order valence-electron chi connectivity index (χ4n) is 4.11. The SMILES string of the molecule is COc1cc(CN(C)C[C@@H](O)Cn2c(C)c(C)c3ccccc32)ccc1OCCN(C)C. The van der Waals surface area contributed by atoms with Crippen molar-refractivity contribution in [2.75, 3.05) is 47.9 Å². The van der Waals surface area contributed by atoms with Crippen LogP contribution in [0.15, 0.2) is 42.5 Å². The van der Waals surface area contributed by atoms with Crippen LogP contribution in [0.5, 0.6) is 11.5 Å². The summed E-state index contributed by atoms with van der Waals surface area (Å²) in [6.07, 6.45) is -0.468. The van der Waals surface area contributed by atoms with Gasteiger partial charge in [0.15, 0.2) is 11.5 Å². The summed E-state index contributed by atoms with van der Waals surface area (Å²) in [5.41, 5.74) is 4.79. The van der Waals surface area contributed by atoms with E-state index in [9.17, 15) is 5.11 Å². The van der Waals surface area contributed by atoms with Crippen molar-refractivity contribution >= 4 is 10.9 Å². The van der Waals surface area contributed by atoms with E-state index in [-0.39, 0.29) is 0 Å². The summed E-state index contributed by atoms with van der Waals surface area (Å²) in [4.78, 5) is 4.22. The van der Waals surface area contributed by atoms with Crippen LogP contribution in [0.1, 0.15) is 16.8 Å². The molecule has 0 aliphatic carbocycles. The third kappa shape index (κ3) is 5.82. The van der Waals surface area contributed by atoms with Gasteiger partial charge in [-0.2, -0.15) is 0 Å². The molecule has 3 aromatic rings. The zero-order valence-electron chi connectivity index (χ0n) is 20.3. The van der Waals surface area contributed by atoms with E-state index in [1.54, 1.807) is 7.11 Å². The molecule has 2 aromatic carbocycles. The lowest BCUT2D eigenvalue weighted by atomic mass is 10.2. The second kappa shape index (κ2) is 10.9. The number of hydrogen-bond donors (Lipinski definition) is 1. The highest BCUT2D eigenvalue weighted by molar-refractivity contribution is 5.85. The van der Waals surface area contributed by atoms with Gasteiger partial charge in [-0.3, -0.25) is 4.90 Å². The number of aromatic nitrogens is 1. The molecular formula is C26H37N3O3. The third-order valence-electron chi connectivity index (χ3n) is 5.94. The van der Waals surface area contributed by atoms with Crippen LogP contribution in [0.2, 0.25) is 0 Å². The molecule has 1 N–H and O–H groups in total. The highest BCUT2D eigenvalue weighted by Gasteiger charge is 2.16. The largest absolute Gasteiger partial charge is 0.493 e.